The molecule has 0 aromatic heterocycles. The van der Waals surface area contributed by atoms with E-state index in [1.54, 1.807) is 0 Å². The lowest BCUT2D eigenvalue weighted by molar-refractivity contribution is 0.492. The first-order valence-electron chi connectivity index (χ1n) is 23.4. The normalized spacial score (nSPS) is 12.0. The van der Waals surface area contributed by atoms with E-state index in [0.717, 1.165) is 6.54 Å². The fraction of sp³-hybridized carbons (Fsp3) is 0.760. The smallest absolute Gasteiger partial charge is 0.0342 e. The molecule has 0 saturated heterocycles. The average Bonchev–Trinajstić information content (AvgIpc) is 3.16. The van der Waals surface area contributed by atoms with E-state index in [1.165, 1.54) is 235 Å². The second-order valence-corrected chi connectivity index (χ2v) is 16.5. The lowest BCUT2D eigenvalue weighted by Crippen LogP contribution is -2.19. The summed E-state index contributed by atoms with van der Waals surface area (Å²) in [4.78, 5) is 0. The van der Waals surface area contributed by atoms with E-state index in [0.29, 0.717) is 6.04 Å². The molecule has 0 aliphatic rings. The Labute approximate surface area is 325 Å². The zero-order chi connectivity index (χ0) is 36.8. The second-order valence-electron chi connectivity index (χ2n) is 16.5. The number of hydrogen-bond donors (Lipinski definition) is 2. The number of anilines is 2. The highest BCUT2D eigenvalue weighted by atomic mass is 14.9. The van der Waals surface area contributed by atoms with Crippen LogP contribution in [0.15, 0.2) is 54.6 Å². The van der Waals surface area contributed by atoms with Gasteiger partial charge in [-0.05, 0) is 50.5 Å². The molecule has 1 atom stereocenters. The molecule has 0 fully saturated rings. The molecular formula is C50H88N2. The Balaban J connectivity index is 1.38. The first-order valence-corrected chi connectivity index (χ1v) is 23.4. The fourth-order valence-corrected chi connectivity index (χ4v) is 7.89. The van der Waals surface area contributed by atoms with Crippen molar-refractivity contribution in [1.29, 1.82) is 0 Å². The van der Waals surface area contributed by atoms with Crippen LogP contribution in [0.4, 0.5) is 11.4 Å². The predicted octanol–water partition coefficient (Wildman–Crippen LogP) is 17.2. The summed E-state index contributed by atoms with van der Waals surface area (Å²) in [5.74, 6) is 0. The molecule has 2 rings (SSSR count). The van der Waals surface area contributed by atoms with Crippen molar-refractivity contribution in [2.45, 2.75) is 238 Å². The molecule has 2 aromatic rings. The topological polar surface area (TPSA) is 24.1 Å². The molecule has 0 spiro atoms. The van der Waals surface area contributed by atoms with E-state index >= 15 is 0 Å². The molecular weight excluding hydrogens is 629 g/mol. The minimum Gasteiger partial charge on any atom is -0.385 e. The van der Waals surface area contributed by atoms with Gasteiger partial charge in [0, 0.05) is 24.0 Å². The molecule has 1 unspecified atom stereocenters. The van der Waals surface area contributed by atoms with Crippen LogP contribution in [0.3, 0.4) is 0 Å². The summed E-state index contributed by atoms with van der Waals surface area (Å²) in [6, 6.07) is 20.3. The number of rotatable bonds is 39. The third kappa shape index (κ3) is 29.5. The quantitative estimate of drug-likeness (QED) is 0.0673. The summed E-state index contributed by atoms with van der Waals surface area (Å²) in [7, 11) is 0. The maximum absolute atomic E-state index is 3.92. The number of hydrogen-bond acceptors (Lipinski definition) is 2. The van der Waals surface area contributed by atoms with Crippen LogP contribution < -0.4 is 10.6 Å². The van der Waals surface area contributed by atoms with Gasteiger partial charge in [0.25, 0.3) is 0 Å². The Hall–Kier alpha value is -1.96. The van der Waals surface area contributed by atoms with Gasteiger partial charge in [0.15, 0.2) is 0 Å². The Bertz CT molecular complexity index is 970. The van der Waals surface area contributed by atoms with Gasteiger partial charge in [0.1, 0.15) is 0 Å². The van der Waals surface area contributed by atoms with Crippen LogP contribution in [0.5, 0.6) is 0 Å². The van der Waals surface area contributed by atoms with Gasteiger partial charge < -0.3 is 10.6 Å². The third-order valence-electron chi connectivity index (χ3n) is 11.4. The SMILES string of the molecule is CCCCCCCCCCCCCCCCCCCC(CCCCCCCCCCCCCCCCCNc1ccccc1)Nc1ccc(C)cc1. The van der Waals surface area contributed by atoms with Gasteiger partial charge in [-0.15, -0.1) is 0 Å². The summed E-state index contributed by atoms with van der Waals surface area (Å²) in [6.45, 7) is 5.61. The summed E-state index contributed by atoms with van der Waals surface area (Å²) >= 11 is 0. The summed E-state index contributed by atoms with van der Waals surface area (Å²) < 4.78 is 0. The molecule has 298 valence electrons. The second kappa shape index (κ2) is 36.0. The van der Waals surface area contributed by atoms with Crippen LogP contribution in [0, 0.1) is 6.92 Å². The number of aryl methyl sites for hydroxylation is 1. The van der Waals surface area contributed by atoms with Gasteiger partial charge in [0.2, 0.25) is 0 Å². The first kappa shape index (κ1) is 46.2. The van der Waals surface area contributed by atoms with E-state index in [1.807, 2.05) is 0 Å². The van der Waals surface area contributed by atoms with Crippen molar-refractivity contribution >= 4 is 11.4 Å². The zero-order valence-corrected chi connectivity index (χ0v) is 35.0. The van der Waals surface area contributed by atoms with Crippen molar-refractivity contribution < 1.29 is 0 Å². The molecule has 0 heterocycles. The van der Waals surface area contributed by atoms with E-state index in [-0.39, 0.29) is 0 Å². The maximum Gasteiger partial charge on any atom is 0.0342 e. The van der Waals surface area contributed by atoms with Crippen LogP contribution in [0.1, 0.15) is 231 Å². The average molecular weight is 717 g/mol. The minimum absolute atomic E-state index is 0.635. The zero-order valence-electron chi connectivity index (χ0n) is 35.0. The number of benzene rings is 2. The maximum atomic E-state index is 3.92. The molecule has 0 bridgehead atoms. The lowest BCUT2D eigenvalue weighted by Gasteiger charge is -2.20. The van der Waals surface area contributed by atoms with Crippen molar-refractivity contribution in [3.8, 4) is 0 Å². The molecule has 2 aromatic carbocycles. The van der Waals surface area contributed by atoms with Gasteiger partial charge in [-0.1, -0.05) is 242 Å². The van der Waals surface area contributed by atoms with E-state index in [4.69, 9.17) is 0 Å². The van der Waals surface area contributed by atoms with Crippen LogP contribution >= 0.6 is 0 Å². The highest BCUT2D eigenvalue weighted by Gasteiger charge is 2.09. The fourth-order valence-electron chi connectivity index (χ4n) is 7.89. The van der Waals surface area contributed by atoms with E-state index < -0.39 is 0 Å². The number of nitrogens with one attached hydrogen (secondary N) is 2. The molecule has 0 radical (unpaired) electrons. The van der Waals surface area contributed by atoms with E-state index in [9.17, 15) is 0 Å². The minimum atomic E-state index is 0.635. The van der Waals surface area contributed by atoms with Crippen LogP contribution in [0.2, 0.25) is 0 Å². The molecule has 0 amide bonds. The van der Waals surface area contributed by atoms with Gasteiger partial charge in [-0.2, -0.15) is 0 Å². The van der Waals surface area contributed by atoms with Gasteiger partial charge >= 0.3 is 0 Å². The van der Waals surface area contributed by atoms with Crippen molar-refractivity contribution in [2.24, 2.45) is 0 Å². The summed E-state index contributed by atoms with van der Waals surface area (Å²) in [5, 5.41) is 7.45. The molecule has 52 heavy (non-hydrogen) atoms. The number of para-hydroxylation sites is 1. The van der Waals surface area contributed by atoms with Crippen molar-refractivity contribution in [1.82, 2.24) is 0 Å². The van der Waals surface area contributed by atoms with Crippen molar-refractivity contribution in [2.75, 3.05) is 17.2 Å². The highest BCUT2D eigenvalue weighted by molar-refractivity contribution is 5.45. The van der Waals surface area contributed by atoms with Gasteiger partial charge in [-0.3, -0.25) is 0 Å². The molecule has 0 saturated carbocycles. The van der Waals surface area contributed by atoms with Crippen molar-refractivity contribution in [3.05, 3.63) is 60.2 Å². The van der Waals surface area contributed by atoms with Crippen LogP contribution in [-0.4, -0.2) is 12.6 Å². The predicted molar refractivity (Wildman–Crippen MR) is 236 cm³/mol. The molecule has 0 aliphatic carbocycles. The molecule has 2 heteroatoms. The highest BCUT2D eigenvalue weighted by Crippen LogP contribution is 2.21. The Morgan fingerprint density at radius 2 is 0.712 bits per heavy atom. The summed E-state index contributed by atoms with van der Waals surface area (Å²) in [6.07, 6.45) is 48.6. The largest absolute Gasteiger partial charge is 0.385 e. The monoisotopic (exact) mass is 717 g/mol. The molecule has 2 N–H and O–H groups in total. The van der Waals surface area contributed by atoms with Crippen LogP contribution in [-0.2, 0) is 0 Å². The Morgan fingerprint density at radius 3 is 1.10 bits per heavy atom. The molecule has 0 aliphatic heterocycles. The Morgan fingerprint density at radius 1 is 0.365 bits per heavy atom. The third-order valence-corrected chi connectivity index (χ3v) is 11.4. The number of unbranched alkanes of at least 4 members (excludes halogenated alkanes) is 30. The lowest BCUT2D eigenvalue weighted by atomic mass is 9.99. The van der Waals surface area contributed by atoms with Gasteiger partial charge in [-0.25, -0.2) is 0 Å². The first-order chi connectivity index (χ1) is 25.8. The van der Waals surface area contributed by atoms with Gasteiger partial charge in [0.05, 0.1) is 0 Å². The summed E-state index contributed by atoms with van der Waals surface area (Å²) in [5.41, 5.74) is 3.92. The molecule has 2 nitrogen and oxygen atoms in total. The Kier molecular flexibility index (Phi) is 32.0. The van der Waals surface area contributed by atoms with Crippen molar-refractivity contribution in [3.63, 3.8) is 0 Å². The standard InChI is InChI=1S/C50H88N2/c1-3-4-5-6-7-8-9-10-11-12-14-17-20-23-26-29-33-40-49(52-50-44-42-47(2)43-45-50)41-34-30-27-24-21-18-15-13-16-19-22-25-28-31-37-46-51-48-38-35-32-36-39-48/h32,35-36,38-39,42-45,49,51-52H,3-31,33-34,37,40-41,46H2,1-2H3. The van der Waals surface area contributed by atoms with E-state index in [2.05, 4.69) is 79.1 Å². The van der Waals surface area contributed by atoms with Crippen LogP contribution in [0.25, 0.3) is 0 Å².